The van der Waals surface area contributed by atoms with Crippen molar-refractivity contribution in [3.8, 4) is 0 Å². The summed E-state index contributed by atoms with van der Waals surface area (Å²) in [6.07, 6.45) is 1.68. The fourth-order valence-electron chi connectivity index (χ4n) is 2.71. The highest BCUT2D eigenvalue weighted by atomic mass is 35.5. The van der Waals surface area contributed by atoms with E-state index in [2.05, 4.69) is 4.98 Å². The molecule has 1 aliphatic rings. The predicted molar refractivity (Wildman–Crippen MR) is 89.5 cm³/mol. The molecule has 0 unspecified atom stereocenters. The summed E-state index contributed by atoms with van der Waals surface area (Å²) in [5.74, 6) is -0.986. The van der Waals surface area contributed by atoms with Crippen LogP contribution in [0.15, 0.2) is 42.6 Å². The molecule has 7 heteroatoms. The largest absolute Gasteiger partial charge is 0.311 e. The molecule has 0 bridgehead atoms. The van der Waals surface area contributed by atoms with Gasteiger partial charge in [0, 0.05) is 31.9 Å². The van der Waals surface area contributed by atoms with Gasteiger partial charge in [0.2, 0.25) is 11.8 Å². The Bertz CT molecular complexity index is 785. The Kier molecular flexibility index (Phi) is 4.49. The van der Waals surface area contributed by atoms with Crippen molar-refractivity contribution in [2.75, 3.05) is 23.4 Å². The summed E-state index contributed by atoms with van der Waals surface area (Å²) in [6, 6.07) is 9.44. The molecule has 0 radical (unpaired) electrons. The summed E-state index contributed by atoms with van der Waals surface area (Å²) in [4.78, 5) is 31.8. The number of pyridine rings is 1. The Balaban J connectivity index is 1.76. The molecule has 124 valence electrons. The number of benzene rings is 1. The number of nitrogens with zero attached hydrogens (tertiary/aromatic N) is 3. The molecule has 2 amide bonds. The molecular weight excluding hydrogens is 333 g/mol. The summed E-state index contributed by atoms with van der Waals surface area (Å²) >= 11 is 5.67. The van der Waals surface area contributed by atoms with E-state index < -0.39 is 11.7 Å². The third-order valence-electron chi connectivity index (χ3n) is 4.01. The van der Waals surface area contributed by atoms with Gasteiger partial charge in [-0.25, -0.2) is 9.37 Å². The van der Waals surface area contributed by atoms with Gasteiger partial charge in [0.1, 0.15) is 11.6 Å². The third-order valence-corrected chi connectivity index (χ3v) is 4.32. The zero-order valence-electron chi connectivity index (χ0n) is 12.9. The van der Waals surface area contributed by atoms with Gasteiger partial charge in [-0.05, 0) is 30.3 Å². The molecule has 3 rings (SSSR count). The predicted octanol–water partition coefficient (Wildman–Crippen LogP) is 2.89. The monoisotopic (exact) mass is 347 g/mol. The Morgan fingerprint density at radius 1 is 1.38 bits per heavy atom. The fraction of sp³-hybridized carbons (Fsp3) is 0.235. The van der Waals surface area contributed by atoms with Crippen LogP contribution in [0.25, 0.3) is 0 Å². The van der Waals surface area contributed by atoms with Gasteiger partial charge in [-0.1, -0.05) is 17.7 Å². The van der Waals surface area contributed by atoms with Crippen molar-refractivity contribution >= 4 is 34.9 Å². The van der Waals surface area contributed by atoms with Gasteiger partial charge < -0.3 is 4.90 Å². The Labute approximate surface area is 143 Å². The minimum Gasteiger partial charge on any atom is -0.311 e. The van der Waals surface area contributed by atoms with E-state index in [0.717, 1.165) is 0 Å². The molecule has 0 spiro atoms. The molecule has 1 fully saturated rings. The lowest BCUT2D eigenvalue weighted by molar-refractivity contribution is -0.124. The first-order valence-corrected chi connectivity index (χ1v) is 7.79. The van der Waals surface area contributed by atoms with Crippen LogP contribution in [0.5, 0.6) is 0 Å². The summed E-state index contributed by atoms with van der Waals surface area (Å²) in [5.41, 5.74) is 0.401. The van der Waals surface area contributed by atoms with Crippen LogP contribution in [-0.4, -0.2) is 30.4 Å². The highest BCUT2D eigenvalue weighted by molar-refractivity contribution is 6.30. The fourth-order valence-corrected chi connectivity index (χ4v) is 2.83. The maximum absolute atomic E-state index is 13.6. The second-order valence-electron chi connectivity index (χ2n) is 5.59. The van der Waals surface area contributed by atoms with Crippen molar-refractivity contribution in [3.63, 3.8) is 0 Å². The number of hydrogen-bond donors (Lipinski definition) is 0. The zero-order chi connectivity index (χ0) is 17.3. The van der Waals surface area contributed by atoms with Gasteiger partial charge in [0.25, 0.3) is 0 Å². The van der Waals surface area contributed by atoms with E-state index in [9.17, 15) is 14.0 Å². The summed E-state index contributed by atoms with van der Waals surface area (Å²) in [6.45, 7) is 0.204. The number of hydrogen-bond acceptors (Lipinski definition) is 3. The molecule has 5 nitrogen and oxygen atoms in total. The molecule has 1 aromatic carbocycles. The van der Waals surface area contributed by atoms with Crippen LogP contribution >= 0.6 is 11.6 Å². The number of aromatic nitrogens is 1. The van der Waals surface area contributed by atoms with Crippen molar-refractivity contribution < 1.29 is 14.0 Å². The van der Waals surface area contributed by atoms with Crippen LogP contribution in [0.2, 0.25) is 5.02 Å². The van der Waals surface area contributed by atoms with Crippen LogP contribution in [0.1, 0.15) is 6.42 Å². The minimum atomic E-state index is -0.595. The first-order valence-electron chi connectivity index (χ1n) is 7.41. The lowest BCUT2D eigenvalue weighted by Gasteiger charge is -2.20. The topological polar surface area (TPSA) is 53.5 Å². The highest BCUT2D eigenvalue weighted by Crippen LogP contribution is 2.29. The first kappa shape index (κ1) is 16.4. The zero-order valence-corrected chi connectivity index (χ0v) is 13.7. The van der Waals surface area contributed by atoms with E-state index in [1.54, 1.807) is 37.5 Å². The first-order chi connectivity index (χ1) is 11.5. The summed E-state index contributed by atoms with van der Waals surface area (Å²) in [7, 11) is 1.62. The van der Waals surface area contributed by atoms with Gasteiger partial charge in [-0.15, -0.1) is 0 Å². The minimum absolute atomic E-state index is 0.00657. The summed E-state index contributed by atoms with van der Waals surface area (Å²) in [5, 5.41) is -0.00657. The van der Waals surface area contributed by atoms with Gasteiger partial charge in [-0.2, -0.15) is 0 Å². The maximum atomic E-state index is 13.6. The Hall–Kier alpha value is -2.47. The molecule has 24 heavy (non-hydrogen) atoms. The number of carbonyl (C=O) groups is 2. The maximum Gasteiger partial charge on any atom is 0.233 e. The van der Waals surface area contributed by atoms with Gasteiger partial charge in [0.15, 0.2) is 0 Å². The van der Waals surface area contributed by atoms with Gasteiger partial charge >= 0.3 is 0 Å². The van der Waals surface area contributed by atoms with Crippen molar-refractivity contribution in [1.82, 2.24) is 4.98 Å². The molecule has 1 saturated heterocycles. The van der Waals surface area contributed by atoms with Gasteiger partial charge in [-0.3, -0.25) is 14.5 Å². The molecule has 1 atom stereocenters. The van der Waals surface area contributed by atoms with Crippen molar-refractivity contribution in [3.05, 3.63) is 53.4 Å². The van der Waals surface area contributed by atoms with E-state index >= 15 is 0 Å². The second kappa shape index (κ2) is 6.57. The van der Waals surface area contributed by atoms with Crippen molar-refractivity contribution in [2.24, 2.45) is 5.92 Å². The molecule has 2 aromatic rings. The number of anilines is 2. The second-order valence-corrected chi connectivity index (χ2v) is 6.00. The smallest absolute Gasteiger partial charge is 0.233 e. The average Bonchev–Trinajstić information content (AvgIpc) is 2.98. The van der Waals surface area contributed by atoms with E-state index in [1.165, 1.54) is 21.9 Å². The lowest BCUT2D eigenvalue weighted by atomic mass is 10.1. The van der Waals surface area contributed by atoms with E-state index in [4.69, 9.17) is 11.6 Å². The van der Waals surface area contributed by atoms with Crippen LogP contribution in [0, 0.1) is 11.7 Å². The number of rotatable bonds is 3. The number of amides is 2. The number of halogens is 2. The Morgan fingerprint density at radius 3 is 2.83 bits per heavy atom. The van der Waals surface area contributed by atoms with E-state index in [-0.39, 0.29) is 29.8 Å². The average molecular weight is 348 g/mol. The lowest BCUT2D eigenvalue weighted by Crippen LogP contribution is -2.35. The quantitative estimate of drug-likeness (QED) is 0.858. The van der Waals surface area contributed by atoms with Crippen LogP contribution in [-0.2, 0) is 9.59 Å². The SMILES string of the molecule is CN(C(=O)[C@@H]1CC(=O)N(c2ccc(Cl)c(F)c2)C1)c1ccccn1. The number of carbonyl (C=O) groups excluding carboxylic acids is 2. The third kappa shape index (κ3) is 3.10. The molecule has 0 saturated carbocycles. The molecular formula is C17H15ClFN3O2. The van der Waals surface area contributed by atoms with Gasteiger partial charge in [0.05, 0.1) is 10.9 Å². The molecule has 0 aliphatic carbocycles. The Morgan fingerprint density at radius 2 is 2.17 bits per heavy atom. The standard InChI is InChI=1S/C17H15ClFN3O2/c1-21(15-4-2-3-7-20-15)17(24)11-8-16(23)22(10-11)12-5-6-13(18)14(19)9-12/h2-7,9,11H,8,10H2,1H3/t11-/m1/s1. The van der Waals surface area contributed by atoms with E-state index in [1.807, 2.05) is 0 Å². The molecule has 2 heterocycles. The van der Waals surface area contributed by atoms with Crippen molar-refractivity contribution in [1.29, 1.82) is 0 Å². The highest BCUT2D eigenvalue weighted by Gasteiger charge is 2.37. The molecule has 1 aliphatic heterocycles. The molecule has 0 N–H and O–H groups in total. The van der Waals surface area contributed by atoms with Crippen molar-refractivity contribution in [2.45, 2.75) is 6.42 Å². The molecule has 1 aromatic heterocycles. The van der Waals surface area contributed by atoms with Crippen LogP contribution in [0.4, 0.5) is 15.9 Å². The summed E-state index contributed by atoms with van der Waals surface area (Å²) < 4.78 is 13.6. The normalized spacial score (nSPS) is 17.2. The van der Waals surface area contributed by atoms with Crippen LogP contribution < -0.4 is 9.80 Å². The van der Waals surface area contributed by atoms with Crippen LogP contribution in [0.3, 0.4) is 0 Å². The van der Waals surface area contributed by atoms with E-state index in [0.29, 0.717) is 11.5 Å².